The van der Waals surface area contributed by atoms with Crippen LogP contribution >= 0.6 is 11.6 Å². The highest BCUT2D eigenvalue weighted by Crippen LogP contribution is 2.60. The second-order valence-corrected chi connectivity index (χ2v) is 4.33. The Morgan fingerprint density at radius 1 is 0.652 bits per heavy atom. The number of rotatable bonds is 7. The van der Waals surface area contributed by atoms with Gasteiger partial charge in [-0.15, -0.1) is 0 Å². The van der Waals surface area contributed by atoms with Crippen LogP contribution in [-0.2, 0) is 4.79 Å². The van der Waals surface area contributed by atoms with E-state index >= 15 is 0 Å². The molecule has 0 N–H and O–H groups in total. The predicted molar refractivity (Wildman–Crippen MR) is 46.5 cm³/mol. The molecule has 15 heteroatoms. The van der Waals surface area contributed by atoms with Crippen LogP contribution in [0.2, 0.25) is 0 Å². The van der Waals surface area contributed by atoms with E-state index in [1.54, 1.807) is 0 Å². The van der Waals surface area contributed by atoms with Crippen molar-refractivity contribution in [2.45, 2.75) is 35.5 Å². The molecule has 1 nitrogen and oxygen atoms in total. The summed E-state index contributed by atoms with van der Waals surface area (Å²) in [4.78, 5) is 9.95. The first kappa shape index (κ1) is 22.1. The second-order valence-electron chi connectivity index (χ2n) is 3.98. The van der Waals surface area contributed by atoms with Crippen molar-refractivity contribution in [3.63, 3.8) is 0 Å². The van der Waals surface area contributed by atoms with E-state index in [4.69, 9.17) is 0 Å². The number of halogens is 14. The second kappa shape index (κ2) is 5.55. The Morgan fingerprint density at radius 3 is 1.22 bits per heavy atom. The van der Waals surface area contributed by atoms with Gasteiger partial charge in [0.15, 0.2) is 6.67 Å². The number of hydrogen-bond acceptors (Lipinski definition) is 1. The van der Waals surface area contributed by atoms with Crippen LogP contribution in [0.1, 0.15) is 0 Å². The van der Waals surface area contributed by atoms with Crippen LogP contribution in [-0.4, -0.2) is 47.5 Å². The molecule has 0 saturated heterocycles. The third kappa shape index (κ3) is 2.71. The summed E-state index contributed by atoms with van der Waals surface area (Å²) in [5, 5.41) is -3.65. The topological polar surface area (TPSA) is 17.1 Å². The summed E-state index contributed by atoms with van der Waals surface area (Å²) < 4.78 is 164. The zero-order chi connectivity index (χ0) is 19.3. The molecule has 0 aromatic carbocycles. The summed E-state index contributed by atoms with van der Waals surface area (Å²) in [6.07, 6.45) is 0. The lowest BCUT2D eigenvalue weighted by Gasteiger charge is -2.40. The molecular weight excluding hydrogens is 395 g/mol. The largest absolute Gasteiger partial charge is 0.388 e. The van der Waals surface area contributed by atoms with Crippen molar-refractivity contribution in [3.05, 3.63) is 0 Å². The van der Waals surface area contributed by atoms with E-state index in [2.05, 4.69) is 11.6 Å². The Bertz CT molecular complexity index is 471. The Balaban J connectivity index is 6.34. The highest BCUT2D eigenvalue weighted by Gasteiger charge is 2.90. The van der Waals surface area contributed by atoms with Gasteiger partial charge in [0, 0.05) is 0 Å². The monoisotopic (exact) mass is 396 g/mol. The van der Waals surface area contributed by atoms with Crippen molar-refractivity contribution in [2.24, 2.45) is 0 Å². The maximum Gasteiger partial charge on any atom is 0.388 e. The molecule has 0 rings (SSSR count). The van der Waals surface area contributed by atoms with Crippen LogP contribution < -0.4 is 0 Å². The van der Waals surface area contributed by atoms with Crippen LogP contribution in [0.25, 0.3) is 0 Å². The van der Waals surface area contributed by atoms with Gasteiger partial charge < -0.3 is 0 Å². The lowest BCUT2D eigenvalue weighted by Crippen LogP contribution is -2.71. The average molecular weight is 397 g/mol. The van der Waals surface area contributed by atoms with Gasteiger partial charge in [-0.3, -0.25) is 4.79 Å². The van der Waals surface area contributed by atoms with E-state index in [-0.39, 0.29) is 0 Å². The predicted octanol–water partition coefficient (Wildman–Crippen LogP) is 4.53. The van der Waals surface area contributed by atoms with Gasteiger partial charge in [0.2, 0.25) is 0 Å². The fourth-order valence-corrected chi connectivity index (χ4v) is 1.15. The van der Waals surface area contributed by atoms with Crippen LogP contribution in [0.3, 0.4) is 0 Å². The van der Waals surface area contributed by atoms with Crippen LogP contribution in [0.4, 0.5) is 57.1 Å². The molecule has 0 unspecified atom stereocenters. The molecule has 0 atom stereocenters. The molecule has 0 amide bonds. The molecule has 0 heterocycles. The van der Waals surface area contributed by atoms with Crippen LogP contribution in [0, 0.1) is 0 Å². The van der Waals surface area contributed by atoms with Gasteiger partial charge in [0.05, 0.1) is 0 Å². The fourth-order valence-electron chi connectivity index (χ4n) is 1.03. The van der Waals surface area contributed by atoms with E-state index in [1.165, 1.54) is 0 Å². The Hall–Kier alpha value is -0.950. The molecule has 0 saturated carbocycles. The van der Waals surface area contributed by atoms with Gasteiger partial charge in [0.25, 0.3) is 5.24 Å². The number of carbonyl (C=O) groups is 1. The Labute approximate surface area is 122 Å². The van der Waals surface area contributed by atoms with Crippen molar-refractivity contribution >= 4 is 16.8 Å². The summed E-state index contributed by atoms with van der Waals surface area (Å²) >= 11 is 3.80. The Morgan fingerprint density at radius 2 is 0.957 bits per heavy atom. The summed E-state index contributed by atoms with van der Waals surface area (Å²) in [5.41, 5.74) is 0. The van der Waals surface area contributed by atoms with Crippen molar-refractivity contribution in [1.29, 1.82) is 0 Å². The minimum Gasteiger partial charge on any atom is -0.274 e. The first-order chi connectivity index (χ1) is 9.75. The quantitative estimate of drug-likeness (QED) is 0.456. The molecular formula is C8H2ClF13O. The lowest BCUT2D eigenvalue weighted by atomic mass is 9.92. The number of carbonyl (C=O) groups excluding carboxylic acids is 1. The summed E-state index contributed by atoms with van der Waals surface area (Å²) in [5.74, 6) is -44.4. The molecule has 23 heavy (non-hydrogen) atoms. The minimum atomic E-state index is -7.92. The summed E-state index contributed by atoms with van der Waals surface area (Å²) in [7, 11) is 0. The number of hydrogen-bond donors (Lipinski definition) is 0. The lowest BCUT2D eigenvalue weighted by molar-refractivity contribution is -0.420. The first-order valence-electron chi connectivity index (χ1n) is 4.78. The molecule has 0 aromatic rings. The van der Waals surface area contributed by atoms with E-state index in [0.717, 1.165) is 0 Å². The van der Waals surface area contributed by atoms with Gasteiger partial charge in [-0.2, -0.15) is 52.7 Å². The standard InChI is InChI=1S/C8H2ClF13O/c9-2(23)4(13,14)6(17,18)8(21,22)7(19,20)5(15,16)3(11,12)1-10/h1H2. The molecule has 0 aliphatic rings. The molecule has 0 spiro atoms. The third-order valence-electron chi connectivity index (χ3n) is 2.45. The van der Waals surface area contributed by atoms with Crippen LogP contribution in [0.15, 0.2) is 0 Å². The van der Waals surface area contributed by atoms with Crippen molar-refractivity contribution in [1.82, 2.24) is 0 Å². The average Bonchev–Trinajstić information content (AvgIpc) is 2.37. The summed E-state index contributed by atoms with van der Waals surface area (Å²) in [6, 6.07) is 0. The van der Waals surface area contributed by atoms with Crippen molar-refractivity contribution in [2.75, 3.05) is 6.67 Å². The highest BCUT2D eigenvalue weighted by atomic mass is 35.5. The Kier molecular flexibility index (Phi) is 5.32. The van der Waals surface area contributed by atoms with Crippen molar-refractivity contribution < 1.29 is 61.9 Å². The zero-order valence-electron chi connectivity index (χ0n) is 9.91. The minimum absolute atomic E-state index is 3.65. The highest BCUT2D eigenvalue weighted by molar-refractivity contribution is 6.65. The van der Waals surface area contributed by atoms with Gasteiger partial charge in [-0.05, 0) is 11.6 Å². The SMILES string of the molecule is O=C(Cl)C(F)(F)C(F)(F)C(F)(F)C(F)(F)C(F)(F)C(F)(F)CF. The van der Waals surface area contributed by atoms with Gasteiger partial charge in [-0.25, -0.2) is 4.39 Å². The van der Waals surface area contributed by atoms with E-state index in [1.807, 2.05) is 0 Å². The molecule has 0 aliphatic heterocycles. The summed E-state index contributed by atoms with van der Waals surface area (Å²) in [6.45, 7) is -3.71. The molecule has 138 valence electrons. The molecule has 0 aromatic heterocycles. The van der Waals surface area contributed by atoms with Gasteiger partial charge in [-0.1, -0.05) is 0 Å². The smallest absolute Gasteiger partial charge is 0.274 e. The number of alkyl halides is 13. The molecule has 0 aliphatic carbocycles. The third-order valence-corrected chi connectivity index (χ3v) is 2.69. The zero-order valence-corrected chi connectivity index (χ0v) is 10.7. The fraction of sp³-hybridized carbons (Fsp3) is 0.875. The van der Waals surface area contributed by atoms with Crippen molar-refractivity contribution in [3.8, 4) is 0 Å². The normalized spacial score (nSPS) is 15.7. The molecule has 0 fully saturated rings. The van der Waals surface area contributed by atoms with Crippen LogP contribution in [0.5, 0.6) is 0 Å². The van der Waals surface area contributed by atoms with E-state index < -0.39 is 47.5 Å². The first-order valence-corrected chi connectivity index (χ1v) is 5.16. The van der Waals surface area contributed by atoms with Gasteiger partial charge >= 0.3 is 35.5 Å². The molecule has 0 radical (unpaired) electrons. The maximum atomic E-state index is 12.9. The maximum absolute atomic E-state index is 12.9. The van der Waals surface area contributed by atoms with Gasteiger partial charge in [0.1, 0.15) is 0 Å². The van der Waals surface area contributed by atoms with E-state index in [9.17, 15) is 61.9 Å². The van der Waals surface area contributed by atoms with E-state index in [0.29, 0.717) is 0 Å². The molecule has 0 bridgehead atoms.